The highest BCUT2D eigenvalue weighted by Gasteiger charge is 2.09. The van der Waals surface area contributed by atoms with Gasteiger partial charge in [-0.15, -0.1) is 0 Å². The van der Waals surface area contributed by atoms with Gasteiger partial charge in [0.2, 0.25) is 0 Å². The smallest absolute Gasteiger partial charge is 0.0568 e. The lowest BCUT2D eigenvalue weighted by atomic mass is 10.00. The standard InChI is InChI=1S/C20H35NO/c1-5-6-7-10-19-11-13-20(14-12-19)16-21-15-8-9-17(2)18(3)22-4/h11-14,17-18,21H,5-10,15-16H2,1-4H3. The van der Waals surface area contributed by atoms with Crippen LogP contribution in [0.15, 0.2) is 24.3 Å². The number of hydrogen-bond acceptors (Lipinski definition) is 2. The second-order valence-electron chi connectivity index (χ2n) is 6.51. The normalized spacial score (nSPS) is 14.0. The van der Waals surface area contributed by atoms with E-state index in [-0.39, 0.29) is 0 Å². The van der Waals surface area contributed by atoms with Gasteiger partial charge in [0.1, 0.15) is 0 Å². The molecule has 0 saturated heterocycles. The summed E-state index contributed by atoms with van der Waals surface area (Å²) in [6, 6.07) is 9.11. The molecule has 0 fully saturated rings. The molecule has 2 unspecified atom stereocenters. The van der Waals surface area contributed by atoms with E-state index < -0.39 is 0 Å². The van der Waals surface area contributed by atoms with Gasteiger partial charge >= 0.3 is 0 Å². The fourth-order valence-corrected chi connectivity index (χ4v) is 2.65. The predicted molar refractivity (Wildman–Crippen MR) is 96.2 cm³/mol. The molecule has 22 heavy (non-hydrogen) atoms. The quantitative estimate of drug-likeness (QED) is 0.551. The van der Waals surface area contributed by atoms with Crippen molar-refractivity contribution in [2.75, 3.05) is 13.7 Å². The first-order chi connectivity index (χ1) is 10.7. The lowest BCUT2D eigenvalue weighted by Gasteiger charge is -2.18. The summed E-state index contributed by atoms with van der Waals surface area (Å²) in [5.41, 5.74) is 2.86. The van der Waals surface area contributed by atoms with Crippen molar-refractivity contribution in [2.24, 2.45) is 5.92 Å². The van der Waals surface area contributed by atoms with Gasteiger partial charge in [-0.3, -0.25) is 0 Å². The minimum atomic E-state index is 0.361. The Balaban J connectivity index is 2.14. The minimum Gasteiger partial charge on any atom is -0.381 e. The Labute approximate surface area is 137 Å². The molecular weight excluding hydrogens is 270 g/mol. The van der Waals surface area contributed by atoms with Crippen molar-refractivity contribution in [1.82, 2.24) is 5.32 Å². The Morgan fingerprint density at radius 3 is 2.32 bits per heavy atom. The molecule has 0 spiro atoms. The Bertz CT molecular complexity index is 374. The molecule has 0 heterocycles. The summed E-state index contributed by atoms with van der Waals surface area (Å²) in [4.78, 5) is 0. The average molecular weight is 306 g/mol. The molecule has 2 nitrogen and oxygen atoms in total. The van der Waals surface area contributed by atoms with Gasteiger partial charge in [-0.05, 0) is 56.2 Å². The number of hydrogen-bond donors (Lipinski definition) is 1. The van der Waals surface area contributed by atoms with Crippen LogP contribution < -0.4 is 5.32 Å². The zero-order valence-electron chi connectivity index (χ0n) is 15.0. The minimum absolute atomic E-state index is 0.361. The molecule has 2 heteroatoms. The Morgan fingerprint density at radius 2 is 1.68 bits per heavy atom. The first-order valence-electron chi connectivity index (χ1n) is 8.98. The summed E-state index contributed by atoms with van der Waals surface area (Å²) in [6.45, 7) is 8.74. The molecule has 0 aliphatic carbocycles. The van der Waals surface area contributed by atoms with Crippen LogP contribution in [0.25, 0.3) is 0 Å². The summed E-state index contributed by atoms with van der Waals surface area (Å²) in [6.07, 6.45) is 7.96. The van der Waals surface area contributed by atoms with Crippen molar-refractivity contribution in [2.45, 2.75) is 71.9 Å². The number of benzene rings is 1. The van der Waals surface area contributed by atoms with Crippen molar-refractivity contribution in [3.63, 3.8) is 0 Å². The van der Waals surface area contributed by atoms with Gasteiger partial charge in [0.25, 0.3) is 0 Å². The first-order valence-corrected chi connectivity index (χ1v) is 8.98. The third-order valence-electron chi connectivity index (χ3n) is 4.61. The van der Waals surface area contributed by atoms with Gasteiger partial charge in [-0.25, -0.2) is 0 Å². The van der Waals surface area contributed by atoms with Crippen LogP contribution >= 0.6 is 0 Å². The molecule has 0 radical (unpaired) electrons. The summed E-state index contributed by atoms with van der Waals surface area (Å²) < 4.78 is 5.36. The van der Waals surface area contributed by atoms with Crippen molar-refractivity contribution in [1.29, 1.82) is 0 Å². The van der Waals surface area contributed by atoms with E-state index in [9.17, 15) is 0 Å². The topological polar surface area (TPSA) is 21.3 Å². The first kappa shape index (κ1) is 19.2. The van der Waals surface area contributed by atoms with Crippen LogP contribution in [-0.4, -0.2) is 19.8 Å². The zero-order valence-corrected chi connectivity index (χ0v) is 15.0. The van der Waals surface area contributed by atoms with Crippen molar-refractivity contribution in [3.05, 3.63) is 35.4 Å². The summed E-state index contributed by atoms with van der Waals surface area (Å²) in [5, 5.41) is 3.54. The van der Waals surface area contributed by atoms with Crippen LogP contribution in [-0.2, 0) is 17.7 Å². The third kappa shape index (κ3) is 7.95. The van der Waals surface area contributed by atoms with E-state index in [1.807, 2.05) is 0 Å². The zero-order chi connectivity index (χ0) is 16.2. The highest BCUT2D eigenvalue weighted by Crippen LogP contribution is 2.12. The Morgan fingerprint density at radius 1 is 1.00 bits per heavy atom. The average Bonchev–Trinajstić information content (AvgIpc) is 2.55. The van der Waals surface area contributed by atoms with Gasteiger partial charge in [-0.2, -0.15) is 0 Å². The van der Waals surface area contributed by atoms with Crippen molar-refractivity contribution < 1.29 is 4.74 Å². The van der Waals surface area contributed by atoms with Crippen LogP contribution in [0.1, 0.15) is 64.0 Å². The van der Waals surface area contributed by atoms with E-state index in [0.29, 0.717) is 12.0 Å². The van der Waals surface area contributed by atoms with E-state index in [1.165, 1.54) is 49.7 Å². The van der Waals surface area contributed by atoms with Crippen molar-refractivity contribution in [3.8, 4) is 0 Å². The maximum absolute atomic E-state index is 5.36. The van der Waals surface area contributed by atoms with Crippen LogP contribution in [0.2, 0.25) is 0 Å². The highest BCUT2D eigenvalue weighted by molar-refractivity contribution is 5.22. The van der Waals surface area contributed by atoms with Crippen LogP contribution in [0, 0.1) is 5.92 Å². The maximum atomic E-state index is 5.36. The Kier molecular flexibility index (Phi) is 10.2. The summed E-state index contributed by atoms with van der Waals surface area (Å²) in [5.74, 6) is 0.634. The molecule has 1 aromatic rings. The fourth-order valence-electron chi connectivity index (χ4n) is 2.65. The molecule has 0 aromatic heterocycles. The predicted octanol–water partition coefficient (Wildman–Crippen LogP) is 4.96. The monoisotopic (exact) mass is 305 g/mol. The van der Waals surface area contributed by atoms with E-state index in [1.54, 1.807) is 7.11 Å². The molecule has 0 amide bonds. The highest BCUT2D eigenvalue weighted by atomic mass is 16.5. The number of aryl methyl sites for hydroxylation is 1. The van der Waals surface area contributed by atoms with Gasteiger partial charge in [0.05, 0.1) is 6.10 Å². The molecular formula is C20H35NO. The lowest BCUT2D eigenvalue weighted by molar-refractivity contribution is 0.0696. The number of unbranched alkanes of at least 4 members (excludes halogenated alkanes) is 2. The molecule has 0 aliphatic heterocycles. The van der Waals surface area contributed by atoms with Crippen LogP contribution in [0.5, 0.6) is 0 Å². The second kappa shape index (κ2) is 11.7. The number of nitrogens with one attached hydrogen (secondary N) is 1. The maximum Gasteiger partial charge on any atom is 0.0568 e. The SMILES string of the molecule is CCCCCc1ccc(CNCCCC(C)C(C)OC)cc1. The molecule has 126 valence electrons. The van der Waals surface area contributed by atoms with Crippen molar-refractivity contribution >= 4 is 0 Å². The van der Waals surface area contributed by atoms with E-state index in [4.69, 9.17) is 4.74 Å². The molecule has 1 aromatic carbocycles. The van der Waals surface area contributed by atoms with E-state index in [2.05, 4.69) is 50.4 Å². The van der Waals surface area contributed by atoms with Gasteiger partial charge in [-0.1, -0.05) is 51.0 Å². The lowest BCUT2D eigenvalue weighted by Crippen LogP contribution is -2.19. The summed E-state index contributed by atoms with van der Waals surface area (Å²) >= 11 is 0. The molecule has 0 saturated carbocycles. The molecule has 0 aliphatic rings. The largest absolute Gasteiger partial charge is 0.381 e. The van der Waals surface area contributed by atoms with Crippen LogP contribution in [0.3, 0.4) is 0 Å². The Hall–Kier alpha value is -0.860. The molecule has 1 rings (SSSR count). The fraction of sp³-hybridized carbons (Fsp3) is 0.700. The van der Waals surface area contributed by atoms with Gasteiger partial charge in [0, 0.05) is 13.7 Å². The van der Waals surface area contributed by atoms with Crippen LogP contribution in [0.4, 0.5) is 0 Å². The summed E-state index contributed by atoms with van der Waals surface area (Å²) in [7, 11) is 1.80. The molecule has 1 N–H and O–H groups in total. The van der Waals surface area contributed by atoms with E-state index in [0.717, 1.165) is 13.1 Å². The molecule has 0 bridgehead atoms. The van der Waals surface area contributed by atoms with E-state index >= 15 is 0 Å². The van der Waals surface area contributed by atoms with Gasteiger partial charge in [0.15, 0.2) is 0 Å². The van der Waals surface area contributed by atoms with Gasteiger partial charge < -0.3 is 10.1 Å². The molecule has 2 atom stereocenters. The number of methoxy groups -OCH3 is 1. The second-order valence-corrected chi connectivity index (χ2v) is 6.51. The third-order valence-corrected chi connectivity index (χ3v) is 4.61. The number of ether oxygens (including phenoxy) is 1. The number of rotatable bonds is 12.